The maximum atomic E-state index is 11.1. The number of esters is 1. The topological polar surface area (TPSA) is 81.8 Å². The van der Waals surface area contributed by atoms with E-state index >= 15 is 0 Å². The summed E-state index contributed by atoms with van der Waals surface area (Å²) in [4.78, 5) is 11.1. The number of anilines is 1. The number of phenolic OH excluding ortho intramolecular Hbond substituents is 1. The highest BCUT2D eigenvalue weighted by atomic mass is 16.5. The van der Waals surface area contributed by atoms with Gasteiger partial charge >= 0.3 is 5.97 Å². The van der Waals surface area contributed by atoms with Gasteiger partial charge < -0.3 is 20.3 Å². The summed E-state index contributed by atoms with van der Waals surface area (Å²) in [6.07, 6.45) is 0. The van der Waals surface area contributed by atoms with Crippen LogP contribution in [0.3, 0.4) is 0 Å². The number of carbonyl (C=O) groups is 1. The molecule has 5 nitrogen and oxygen atoms in total. The van der Waals surface area contributed by atoms with Crippen molar-refractivity contribution in [3.8, 4) is 11.5 Å². The summed E-state index contributed by atoms with van der Waals surface area (Å²) in [6, 6.07) is 2.63. The molecule has 0 saturated heterocycles. The number of carbonyl (C=O) groups excluding carboxylic acids is 1. The number of nitrogens with two attached hydrogens (primary N) is 1. The normalized spacial score (nSPS) is 9.57. The molecule has 0 unspecified atom stereocenters. The van der Waals surface area contributed by atoms with Gasteiger partial charge in [0.15, 0.2) is 0 Å². The van der Waals surface area contributed by atoms with Crippen LogP contribution >= 0.6 is 0 Å². The fourth-order valence-electron chi connectivity index (χ4n) is 1.02. The highest BCUT2D eigenvalue weighted by molar-refractivity contribution is 5.91. The first kappa shape index (κ1) is 10.2. The third-order valence-electron chi connectivity index (χ3n) is 1.76. The van der Waals surface area contributed by atoms with Gasteiger partial charge in [-0.15, -0.1) is 0 Å². The number of rotatable bonds is 2. The van der Waals surface area contributed by atoms with E-state index in [2.05, 4.69) is 4.74 Å². The van der Waals surface area contributed by atoms with Crippen LogP contribution in [0.1, 0.15) is 10.4 Å². The number of methoxy groups -OCH3 is 2. The van der Waals surface area contributed by atoms with E-state index in [1.807, 2.05) is 0 Å². The minimum atomic E-state index is -0.557. The van der Waals surface area contributed by atoms with E-state index in [0.29, 0.717) is 0 Å². The first-order chi connectivity index (χ1) is 6.60. The molecule has 1 aromatic carbocycles. The Labute approximate surface area is 81.0 Å². The Bertz CT molecular complexity index is 362. The van der Waals surface area contributed by atoms with E-state index in [1.165, 1.54) is 26.4 Å². The molecule has 0 bridgehead atoms. The second-order valence-corrected chi connectivity index (χ2v) is 2.60. The fraction of sp³-hybridized carbons (Fsp3) is 0.222. The van der Waals surface area contributed by atoms with E-state index < -0.39 is 5.97 Å². The Morgan fingerprint density at radius 3 is 2.57 bits per heavy atom. The average molecular weight is 197 g/mol. The second-order valence-electron chi connectivity index (χ2n) is 2.60. The van der Waals surface area contributed by atoms with Gasteiger partial charge in [0, 0.05) is 0 Å². The van der Waals surface area contributed by atoms with Gasteiger partial charge in [-0.2, -0.15) is 0 Å². The number of aromatic hydroxyl groups is 1. The lowest BCUT2D eigenvalue weighted by atomic mass is 10.1. The Kier molecular flexibility index (Phi) is 2.81. The van der Waals surface area contributed by atoms with Crippen LogP contribution in [0.2, 0.25) is 0 Å². The first-order valence-electron chi connectivity index (χ1n) is 3.85. The third-order valence-corrected chi connectivity index (χ3v) is 1.76. The van der Waals surface area contributed by atoms with Crippen LogP contribution in [-0.4, -0.2) is 25.3 Å². The van der Waals surface area contributed by atoms with Crippen molar-refractivity contribution in [2.24, 2.45) is 0 Å². The molecule has 3 N–H and O–H groups in total. The molecule has 1 aromatic rings. The van der Waals surface area contributed by atoms with Gasteiger partial charge in [0.25, 0.3) is 0 Å². The monoisotopic (exact) mass is 197 g/mol. The Morgan fingerprint density at radius 1 is 1.43 bits per heavy atom. The van der Waals surface area contributed by atoms with Gasteiger partial charge in [-0.25, -0.2) is 4.79 Å². The average Bonchev–Trinajstić information content (AvgIpc) is 2.20. The highest BCUT2D eigenvalue weighted by Crippen LogP contribution is 2.32. The van der Waals surface area contributed by atoms with Crippen molar-refractivity contribution in [2.75, 3.05) is 20.0 Å². The Morgan fingerprint density at radius 2 is 2.07 bits per heavy atom. The largest absolute Gasteiger partial charge is 0.506 e. The van der Waals surface area contributed by atoms with Gasteiger partial charge in [0.1, 0.15) is 17.2 Å². The van der Waals surface area contributed by atoms with Gasteiger partial charge in [-0.05, 0) is 12.1 Å². The third kappa shape index (κ3) is 1.71. The smallest absolute Gasteiger partial charge is 0.338 e. The molecule has 14 heavy (non-hydrogen) atoms. The maximum absolute atomic E-state index is 11.1. The predicted octanol–water partition coefficient (Wildman–Crippen LogP) is 0.770. The summed E-state index contributed by atoms with van der Waals surface area (Å²) in [6.45, 7) is 0. The molecule has 0 heterocycles. The minimum absolute atomic E-state index is 0.0974. The van der Waals surface area contributed by atoms with Crippen molar-refractivity contribution >= 4 is 11.7 Å². The van der Waals surface area contributed by atoms with Crippen molar-refractivity contribution < 1.29 is 19.4 Å². The van der Waals surface area contributed by atoms with Crippen molar-refractivity contribution in [3.63, 3.8) is 0 Å². The van der Waals surface area contributed by atoms with Crippen LogP contribution in [0.25, 0.3) is 0 Å². The van der Waals surface area contributed by atoms with E-state index in [4.69, 9.17) is 10.5 Å². The summed E-state index contributed by atoms with van der Waals surface area (Å²) in [5.74, 6) is -0.520. The van der Waals surface area contributed by atoms with Crippen LogP contribution in [0.5, 0.6) is 11.5 Å². The SMILES string of the molecule is COC(=O)c1cc(O)c(N)c(OC)c1. The van der Waals surface area contributed by atoms with Gasteiger partial charge in [-0.1, -0.05) is 0 Å². The zero-order valence-electron chi connectivity index (χ0n) is 7.90. The van der Waals surface area contributed by atoms with Gasteiger partial charge in [-0.3, -0.25) is 0 Å². The van der Waals surface area contributed by atoms with Gasteiger partial charge in [0.05, 0.1) is 19.8 Å². The van der Waals surface area contributed by atoms with Crippen molar-refractivity contribution in [2.45, 2.75) is 0 Å². The van der Waals surface area contributed by atoms with Crippen LogP contribution in [0.15, 0.2) is 12.1 Å². The van der Waals surface area contributed by atoms with Crippen molar-refractivity contribution in [1.29, 1.82) is 0 Å². The van der Waals surface area contributed by atoms with Crippen LogP contribution in [0.4, 0.5) is 5.69 Å². The summed E-state index contributed by atoms with van der Waals surface area (Å²) >= 11 is 0. The fourth-order valence-corrected chi connectivity index (χ4v) is 1.02. The number of phenols is 1. The number of benzene rings is 1. The highest BCUT2D eigenvalue weighted by Gasteiger charge is 2.12. The molecule has 0 aromatic heterocycles. The van der Waals surface area contributed by atoms with Crippen molar-refractivity contribution in [3.05, 3.63) is 17.7 Å². The first-order valence-corrected chi connectivity index (χ1v) is 3.85. The number of nitrogen functional groups attached to an aromatic ring is 1. The summed E-state index contributed by atoms with van der Waals surface area (Å²) < 4.78 is 9.35. The molecule has 0 aliphatic carbocycles. The summed E-state index contributed by atoms with van der Waals surface area (Å²) in [5.41, 5.74) is 5.76. The van der Waals surface area contributed by atoms with Crippen LogP contribution in [-0.2, 0) is 4.74 Å². The van der Waals surface area contributed by atoms with Crippen LogP contribution in [0, 0.1) is 0 Å². The zero-order chi connectivity index (χ0) is 10.7. The molecule has 5 heteroatoms. The summed E-state index contributed by atoms with van der Waals surface area (Å²) in [5, 5.41) is 9.34. The predicted molar refractivity (Wildman–Crippen MR) is 50.4 cm³/mol. The lowest BCUT2D eigenvalue weighted by molar-refractivity contribution is 0.0600. The molecular weight excluding hydrogens is 186 g/mol. The molecule has 0 saturated carbocycles. The van der Waals surface area contributed by atoms with Gasteiger partial charge in [0.2, 0.25) is 0 Å². The Balaban J connectivity index is 3.22. The number of hydrogen-bond donors (Lipinski definition) is 2. The molecular formula is C9H11NO4. The lowest BCUT2D eigenvalue weighted by Crippen LogP contribution is -2.03. The van der Waals surface area contributed by atoms with E-state index in [1.54, 1.807) is 0 Å². The number of ether oxygens (including phenoxy) is 2. The maximum Gasteiger partial charge on any atom is 0.338 e. The summed E-state index contributed by atoms with van der Waals surface area (Å²) in [7, 11) is 2.65. The molecule has 0 aliphatic heterocycles. The second kappa shape index (κ2) is 3.87. The molecule has 76 valence electrons. The van der Waals surface area contributed by atoms with E-state index in [9.17, 15) is 9.90 Å². The molecule has 1 rings (SSSR count). The van der Waals surface area contributed by atoms with E-state index in [-0.39, 0.29) is 22.7 Å². The zero-order valence-corrected chi connectivity index (χ0v) is 7.90. The van der Waals surface area contributed by atoms with Crippen LogP contribution < -0.4 is 10.5 Å². The van der Waals surface area contributed by atoms with Crippen molar-refractivity contribution in [1.82, 2.24) is 0 Å². The molecule has 0 amide bonds. The van der Waals surface area contributed by atoms with E-state index in [0.717, 1.165) is 0 Å². The molecule has 0 fully saturated rings. The lowest BCUT2D eigenvalue weighted by Gasteiger charge is -2.08. The molecule has 0 spiro atoms. The Hall–Kier alpha value is -1.91. The quantitative estimate of drug-likeness (QED) is 0.415. The molecule has 0 atom stereocenters. The molecule has 0 aliphatic rings. The minimum Gasteiger partial charge on any atom is -0.506 e. The standard InChI is InChI=1S/C9H11NO4/c1-13-7-4-5(9(12)14-2)3-6(11)8(7)10/h3-4,11H,10H2,1-2H3. The molecule has 0 radical (unpaired) electrons. The number of hydrogen-bond acceptors (Lipinski definition) is 5.